The van der Waals surface area contributed by atoms with Gasteiger partial charge in [0.1, 0.15) is 0 Å². The molecule has 0 heterocycles. The van der Waals surface area contributed by atoms with E-state index in [0.717, 1.165) is 30.1 Å². The third kappa shape index (κ3) is 3.21. The second kappa shape index (κ2) is 6.19. The van der Waals surface area contributed by atoms with Crippen LogP contribution in [0, 0.1) is 5.41 Å². The number of alkyl halides is 1. The van der Waals surface area contributed by atoms with Crippen LogP contribution in [0.5, 0.6) is 0 Å². The van der Waals surface area contributed by atoms with E-state index in [2.05, 4.69) is 22.6 Å². The highest BCUT2D eigenvalue weighted by Crippen LogP contribution is 2.34. The van der Waals surface area contributed by atoms with Crippen molar-refractivity contribution in [3.63, 3.8) is 0 Å². The van der Waals surface area contributed by atoms with Gasteiger partial charge in [-0.3, -0.25) is 4.79 Å². The Balaban J connectivity index is 4.25. The number of hydrogen-bond donors (Lipinski definition) is 0. The van der Waals surface area contributed by atoms with E-state index in [1.807, 2.05) is 13.8 Å². The van der Waals surface area contributed by atoms with E-state index in [0.29, 0.717) is 0 Å². The lowest BCUT2D eigenvalue weighted by molar-refractivity contribution is -0.121. The van der Waals surface area contributed by atoms with Crippen LogP contribution in [0.4, 0.5) is 0 Å². The number of rotatable bonds is 6. The highest BCUT2D eigenvalue weighted by atomic mass is 127. The molecule has 0 radical (unpaired) electrons. The van der Waals surface area contributed by atoms with Crippen LogP contribution in [0.15, 0.2) is 0 Å². The first kappa shape index (κ1) is 12.7. The topological polar surface area (TPSA) is 17.1 Å². The predicted molar refractivity (Wildman–Crippen MR) is 62.0 cm³/mol. The van der Waals surface area contributed by atoms with Crippen LogP contribution in [-0.2, 0) is 4.79 Å². The number of carbonyl (C=O) groups is 1. The van der Waals surface area contributed by atoms with Gasteiger partial charge in [0, 0.05) is 5.41 Å². The van der Waals surface area contributed by atoms with E-state index in [-0.39, 0.29) is 10.7 Å². The summed E-state index contributed by atoms with van der Waals surface area (Å²) < 4.78 is 1.10. The Bertz CT molecular complexity index is 143. The van der Waals surface area contributed by atoms with Crippen molar-refractivity contribution in [2.24, 2.45) is 5.41 Å². The summed E-state index contributed by atoms with van der Waals surface area (Å²) in [5.74, 6) is 0. The van der Waals surface area contributed by atoms with Crippen LogP contribution in [0.1, 0.15) is 39.5 Å². The molecule has 0 aromatic heterocycles. The lowest BCUT2D eigenvalue weighted by Gasteiger charge is -2.26. The summed E-state index contributed by atoms with van der Waals surface area (Å²) >= 11 is 7.92. The molecule has 0 aromatic carbocycles. The number of halogens is 2. The molecule has 0 fully saturated rings. The van der Waals surface area contributed by atoms with Gasteiger partial charge in [-0.05, 0) is 41.7 Å². The van der Waals surface area contributed by atoms with Crippen molar-refractivity contribution in [1.82, 2.24) is 0 Å². The lowest BCUT2D eigenvalue weighted by Crippen LogP contribution is -2.26. The maximum Gasteiger partial charge on any atom is 0.227 e. The zero-order valence-electron chi connectivity index (χ0n) is 7.70. The minimum atomic E-state index is -0.243. The molecule has 0 rings (SSSR count). The van der Waals surface area contributed by atoms with Crippen LogP contribution >= 0.6 is 34.2 Å². The quantitative estimate of drug-likeness (QED) is 0.415. The van der Waals surface area contributed by atoms with E-state index in [1.54, 1.807) is 0 Å². The molecule has 1 nitrogen and oxygen atoms in total. The van der Waals surface area contributed by atoms with E-state index in [1.165, 1.54) is 0 Å². The van der Waals surface area contributed by atoms with Crippen molar-refractivity contribution >= 4 is 39.4 Å². The average Bonchev–Trinajstić information content (AvgIpc) is 2.07. The Morgan fingerprint density at radius 1 is 1.42 bits per heavy atom. The minimum absolute atomic E-state index is 0.155. The number of carbonyl (C=O) groups excluding carboxylic acids is 1. The highest BCUT2D eigenvalue weighted by molar-refractivity contribution is 14.1. The second-order valence-electron chi connectivity index (χ2n) is 3.05. The van der Waals surface area contributed by atoms with Gasteiger partial charge in [0.05, 0.1) is 0 Å². The molecular weight excluding hydrogens is 286 g/mol. The Morgan fingerprint density at radius 3 is 2.17 bits per heavy atom. The molecule has 0 unspecified atom stereocenters. The van der Waals surface area contributed by atoms with Gasteiger partial charge in [0.25, 0.3) is 0 Å². The molecule has 12 heavy (non-hydrogen) atoms. The van der Waals surface area contributed by atoms with E-state index in [9.17, 15) is 4.79 Å². The molecule has 0 bridgehead atoms. The maximum atomic E-state index is 11.2. The normalized spacial score (nSPS) is 11.7. The zero-order valence-corrected chi connectivity index (χ0v) is 10.6. The first-order valence-electron chi connectivity index (χ1n) is 4.39. The standard InChI is InChI=1S/C9H16ClIO/c1-3-9(4-2,8(10)12)6-5-7-11/h3-7H2,1-2H3. The molecule has 0 aliphatic heterocycles. The van der Waals surface area contributed by atoms with Crippen molar-refractivity contribution in [3.05, 3.63) is 0 Å². The molecule has 72 valence electrons. The molecule has 0 aromatic rings. The van der Waals surface area contributed by atoms with Crippen molar-refractivity contribution < 1.29 is 4.79 Å². The Hall–Kier alpha value is 0.690. The van der Waals surface area contributed by atoms with Gasteiger partial charge in [0.2, 0.25) is 5.24 Å². The highest BCUT2D eigenvalue weighted by Gasteiger charge is 2.32. The molecule has 0 spiro atoms. The molecular formula is C9H16ClIO. The van der Waals surface area contributed by atoms with Gasteiger partial charge >= 0.3 is 0 Å². The van der Waals surface area contributed by atoms with Gasteiger partial charge < -0.3 is 0 Å². The molecule has 0 aliphatic rings. The van der Waals surface area contributed by atoms with Crippen molar-refractivity contribution in [3.8, 4) is 0 Å². The molecule has 0 saturated heterocycles. The fraction of sp³-hybridized carbons (Fsp3) is 0.889. The average molecular weight is 303 g/mol. The van der Waals surface area contributed by atoms with Crippen molar-refractivity contribution in [2.75, 3.05) is 4.43 Å². The summed E-state index contributed by atoms with van der Waals surface area (Å²) in [6, 6.07) is 0. The van der Waals surface area contributed by atoms with Gasteiger partial charge in [-0.1, -0.05) is 36.4 Å². The molecule has 0 saturated carbocycles. The summed E-state index contributed by atoms with van der Waals surface area (Å²) in [4.78, 5) is 11.2. The second-order valence-corrected chi connectivity index (χ2v) is 4.48. The van der Waals surface area contributed by atoms with Gasteiger partial charge in [-0.25, -0.2) is 0 Å². The van der Waals surface area contributed by atoms with Crippen molar-refractivity contribution in [1.29, 1.82) is 0 Å². The monoisotopic (exact) mass is 302 g/mol. The number of hydrogen-bond acceptors (Lipinski definition) is 1. The summed E-state index contributed by atoms with van der Waals surface area (Å²) in [6.45, 7) is 4.08. The smallest absolute Gasteiger partial charge is 0.227 e. The first-order valence-corrected chi connectivity index (χ1v) is 6.29. The molecule has 0 atom stereocenters. The van der Waals surface area contributed by atoms with Gasteiger partial charge in [0.15, 0.2) is 0 Å². The van der Waals surface area contributed by atoms with Gasteiger partial charge in [-0.2, -0.15) is 0 Å². The minimum Gasteiger partial charge on any atom is -0.281 e. The SMILES string of the molecule is CCC(CC)(CCCI)C(=O)Cl. The van der Waals surface area contributed by atoms with Crippen LogP contribution in [0.25, 0.3) is 0 Å². The van der Waals surface area contributed by atoms with E-state index >= 15 is 0 Å². The third-order valence-electron chi connectivity index (χ3n) is 2.56. The Kier molecular flexibility index (Phi) is 6.55. The maximum absolute atomic E-state index is 11.2. The molecule has 0 N–H and O–H groups in total. The Morgan fingerprint density at radius 2 is 1.92 bits per heavy atom. The predicted octanol–water partition coefficient (Wildman–Crippen LogP) is 3.77. The van der Waals surface area contributed by atoms with E-state index < -0.39 is 0 Å². The van der Waals surface area contributed by atoms with E-state index in [4.69, 9.17) is 11.6 Å². The van der Waals surface area contributed by atoms with Crippen LogP contribution < -0.4 is 0 Å². The van der Waals surface area contributed by atoms with Crippen molar-refractivity contribution in [2.45, 2.75) is 39.5 Å². The molecule has 3 heteroatoms. The third-order valence-corrected chi connectivity index (χ3v) is 3.72. The summed E-state index contributed by atoms with van der Waals surface area (Å²) in [5, 5.41) is -0.155. The largest absolute Gasteiger partial charge is 0.281 e. The fourth-order valence-electron chi connectivity index (χ4n) is 1.39. The zero-order chi connectivity index (χ0) is 9.61. The van der Waals surface area contributed by atoms with Gasteiger partial charge in [-0.15, -0.1) is 0 Å². The summed E-state index contributed by atoms with van der Waals surface area (Å²) in [7, 11) is 0. The molecule has 0 aliphatic carbocycles. The summed E-state index contributed by atoms with van der Waals surface area (Å²) in [6.07, 6.45) is 3.75. The first-order chi connectivity index (χ1) is 5.63. The van der Waals surface area contributed by atoms with Crippen LogP contribution in [0.2, 0.25) is 0 Å². The fourth-order valence-corrected chi connectivity index (χ4v) is 2.13. The summed E-state index contributed by atoms with van der Waals surface area (Å²) in [5.41, 5.74) is -0.243. The lowest BCUT2D eigenvalue weighted by atomic mass is 9.80. The van der Waals surface area contributed by atoms with Crippen LogP contribution in [0.3, 0.4) is 0 Å². The van der Waals surface area contributed by atoms with Crippen LogP contribution in [-0.4, -0.2) is 9.67 Å². The Labute approximate surface area is 93.4 Å². The molecule has 0 amide bonds.